The molecule has 0 radical (unpaired) electrons. The minimum absolute atomic E-state index is 0.107. The monoisotopic (exact) mass is 212 g/mol. The van der Waals surface area contributed by atoms with Crippen molar-refractivity contribution >= 4 is 15.4 Å². The van der Waals surface area contributed by atoms with E-state index >= 15 is 0 Å². The number of fused-ring (bicyclic) bond motifs is 1. The first kappa shape index (κ1) is 9.23. The van der Waals surface area contributed by atoms with Gasteiger partial charge < -0.3 is 10.2 Å². The lowest BCUT2D eigenvalue weighted by Gasteiger charge is -2.02. The minimum atomic E-state index is -3.57. The average molecular weight is 212 g/mol. The highest BCUT2D eigenvalue weighted by molar-refractivity contribution is 7.95. The van der Waals surface area contributed by atoms with Gasteiger partial charge in [0.15, 0.2) is 0 Å². The van der Waals surface area contributed by atoms with E-state index in [1.165, 1.54) is 6.07 Å². The third-order valence-corrected chi connectivity index (χ3v) is 3.69. The van der Waals surface area contributed by atoms with E-state index in [2.05, 4.69) is 0 Å². The van der Waals surface area contributed by atoms with Gasteiger partial charge in [-0.05, 0) is 11.6 Å². The average Bonchev–Trinajstić information content (AvgIpc) is 2.39. The van der Waals surface area contributed by atoms with Crippen molar-refractivity contribution in [2.24, 2.45) is 0 Å². The van der Waals surface area contributed by atoms with Gasteiger partial charge in [-0.1, -0.05) is 12.1 Å². The number of aliphatic hydroxyl groups is 1. The normalized spacial score (nSPS) is 17.6. The lowest BCUT2D eigenvalue weighted by molar-refractivity contribution is 0.350. The zero-order valence-electron chi connectivity index (χ0n) is 7.14. The molecule has 0 bridgehead atoms. The highest BCUT2D eigenvalue weighted by Crippen LogP contribution is 2.38. The molecule has 0 aromatic heterocycles. The molecule has 0 atom stereocenters. The van der Waals surface area contributed by atoms with Gasteiger partial charge in [0.2, 0.25) is 9.84 Å². The zero-order valence-corrected chi connectivity index (χ0v) is 7.95. The highest BCUT2D eigenvalue weighted by Gasteiger charge is 2.29. The summed E-state index contributed by atoms with van der Waals surface area (Å²) < 4.78 is 23.0. The maximum atomic E-state index is 11.5. The van der Waals surface area contributed by atoms with E-state index in [4.69, 9.17) is 5.11 Å². The fourth-order valence-electron chi connectivity index (χ4n) is 1.51. The lowest BCUT2D eigenvalue weighted by atomic mass is 10.1. The van der Waals surface area contributed by atoms with E-state index in [1.54, 1.807) is 12.1 Å². The Balaban J connectivity index is 2.82. The number of hydrogen-bond donors (Lipinski definition) is 2. The Morgan fingerprint density at radius 2 is 2.00 bits per heavy atom. The van der Waals surface area contributed by atoms with Crippen LogP contribution in [0.3, 0.4) is 0 Å². The summed E-state index contributed by atoms with van der Waals surface area (Å²) in [4.78, 5) is -0.107. The third kappa shape index (κ3) is 1.13. The van der Waals surface area contributed by atoms with Crippen molar-refractivity contribution in [3.8, 4) is 5.75 Å². The molecule has 5 heteroatoms. The summed E-state index contributed by atoms with van der Waals surface area (Å²) in [5.74, 6) is -0.276. The van der Waals surface area contributed by atoms with E-state index in [1.807, 2.05) is 0 Å². The Bertz CT molecular complexity index is 514. The van der Waals surface area contributed by atoms with E-state index in [-0.39, 0.29) is 17.3 Å². The molecule has 1 aromatic carbocycles. The van der Waals surface area contributed by atoms with Crippen molar-refractivity contribution in [2.75, 3.05) is 6.61 Å². The first-order valence-corrected chi connectivity index (χ1v) is 5.50. The summed E-state index contributed by atoms with van der Waals surface area (Å²) in [7, 11) is -3.57. The Morgan fingerprint density at radius 1 is 1.29 bits per heavy atom. The van der Waals surface area contributed by atoms with Crippen LogP contribution >= 0.6 is 0 Å². The molecule has 1 aliphatic heterocycles. The number of rotatable bonds is 1. The standard InChI is InChI=1S/C9H8O4S/c10-4-6-5-14(12,13)9-7(6)2-1-3-8(9)11/h1-3,5,10-11H,4H2. The first-order chi connectivity index (χ1) is 6.56. The lowest BCUT2D eigenvalue weighted by Crippen LogP contribution is -1.93. The smallest absolute Gasteiger partial charge is 0.204 e. The fraction of sp³-hybridized carbons (Fsp3) is 0.111. The Morgan fingerprint density at radius 3 is 2.64 bits per heavy atom. The Labute approximate surface area is 81.0 Å². The number of sulfone groups is 1. The highest BCUT2D eigenvalue weighted by atomic mass is 32.2. The maximum Gasteiger partial charge on any atom is 0.204 e. The Kier molecular flexibility index (Phi) is 1.87. The molecule has 0 fully saturated rings. The van der Waals surface area contributed by atoms with Crippen molar-refractivity contribution in [1.82, 2.24) is 0 Å². The second-order valence-electron chi connectivity index (χ2n) is 3.00. The first-order valence-electron chi connectivity index (χ1n) is 3.95. The predicted octanol–water partition coefficient (Wildman–Crippen LogP) is 0.513. The number of phenolic OH excluding ortho intramolecular Hbond substituents is 1. The Hall–Kier alpha value is -1.33. The largest absolute Gasteiger partial charge is 0.507 e. The quantitative estimate of drug-likeness (QED) is 0.711. The van der Waals surface area contributed by atoms with Crippen LogP contribution < -0.4 is 0 Å². The number of aliphatic hydroxyl groups excluding tert-OH is 1. The summed E-state index contributed by atoms with van der Waals surface area (Å²) in [6, 6.07) is 4.41. The molecular weight excluding hydrogens is 204 g/mol. The van der Waals surface area contributed by atoms with Gasteiger partial charge in [0.1, 0.15) is 10.6 Å². The van der Waals surface area contributed by atoms with E-state index in [0.717, 1.165) is 5.41 Å². The molecule has 0 spiro atoms. The van der Waals surface area contributed by atoms with Crippen LogP contribution in [-0.2, 0) is 9.84 Å². The van der Waals surface area contributed by atoms with Gasteiger partial charge in [-0.3, -0.25) is 0 Å². The minimum Gasteiger partial charge on any atom is -0.507 e. The van der Waals surface area contributed by atoms with Gasteiger partial charge in [0.25, 0.3) is 0 Å². The number of hydrogen-bond acceptors (Lipinski definition) is 4. The second kappa shape index (κ2) is 2.83. The van der Waals surface area contributed by atoms with Crippen LogP contribution in [0.4, 0.5) is 0 Å². The number of phenols is 1. The molecule has 0 saturated heterocycles. The van der Waals surface area contributed by atoms with E-state index < -0.39 is 9.84 Å². The summed E-state index contributed by atoms with van der Waals surface area (Å²) in [6.07, 6.45) is 0. The third-order valence-electron chi connectivity index (χ3n) is 2.09. The van der Waals surface area contributed by atoms with Gasteiger partial charge in [0.05, 0.1) is 6.61 Å². The number of aromatic hydroxyl groups is 1. The molecule has 0 saturated carbocycles. The van der Waals surface area contributed by atoms with Crippen LogP contribution in [0, 0.1) is 0 Å². The maximum absolute atomic E-state index is 11.5. The van der Waals surface area contributed by atoms with Crippen molar-refractivity contribution in [2.45, 2.75) is 4.90 Å². The van der Waals surface area contributed by atoms with Crippen molar-refractivity contribution in [3.63, 3.8) is 0 Å². The van der Waals surface area contributed by atoms with Crippen molar-refractivity contribution < 1.29 is 18.6 Å². The molecule has 14 heavy (non-hydrogen) atoms. The molecule has 0 unspecified atom stereocenters. The van der Waals surface area contributed by atoms with E-state index in [9.17, 15) is 13.5 Å². The molecule has 2 N–H and O–H groups in total. The second-order valence-corrected chi connectivity index (χ2v) is 4.73. The van der Waals surface area contributed by atoms with Crippen LogP contribution in [0.5, 0.6) is 5.75 Å². The SMILES string of the molecule is O=S1(=O)C=C(CO)c2cccc(O)c21. The number of benzene rings is 1. The van der Waals surface area contributed by atoms with Crippen molar-refractivity contribution in [1.29, 1.82) is 0 Å². The van der Waals surface area contributed by atoms with E-state index in [0.29, 0.717) is 11.1 Å². The van der Waals surface area contributed by atoms with Crippen LogP contribution in [-0.4, -0.2) is 25.2 Å². The van der Waals surface area contributed by atoms with Crippen LogP contribution in [0.2, 0.25) is 0 Å². The summed E-state index contributed by atoms with van der Waals surface area (Å²) in [5, 5.41) is 19.3. The molecule has 4 nitrogen and oxygen atoms in total. The van der Waals surface area contributed by atoms with Gasteiger partial charge >= 0.3 is 0 Å². The summed E-state index contributed by atoms with van der Waals surface area (Å²) >= 11 is 0. The molecule has 1 aliphatic rings. The van der Waals surface area contributed by atoms with Crippen LogP contribution in [0.25, 0.3) is 5.57 Å². The van der Waals surface area contributed by atoms with Gasteiger partial charge in [0, 0.05) is 11.0 Å². The predicted molar refractivity (Wildman–Crippen MR) is 50.4 cm³/mol. The summed E-state index contributed by atoms with van der Waals surface area (Å²) in [5.41, 5.74) is 0.698. The molecule has 1 aromatic rings. The van der Waals surface area contributed by atoms with Crippen molar-refractivity contribution in [3.05, 3.63) is 29.2 Å². The summed E-state index contributed by atoms with van der Waals surface area (Å²) in [6.45, 7) is -0.352. The molecule has 74 valence electrons. The van der Waals surface area contributed by atoms with Gasteiger partial charge in [-0.25, -0.2) is 8.42 Å². The van der Waals surface area contributed by atoms with Gasteiger partial charge in [-0.15, -0.1) is 0 Å². The van der Waals surface area contributed by atoms with Crippen LogP contribution in [0.15, 0.2) is 28.5 Å². The fourth-order valence-corrected chi connectivity index (χ4v) is 3.07. The molecule has 2 rings (SSSR count). The topological polar surface area (TPSA) is 74.6 Å². The molecular formula is C9H8O4S. The van der Waals surface area contributed by atoms with Crippen LogP contribution in [0.1, 0.15) is 5.56 Å². The molecule has 1 heterocycles. The molecule has 0 aliphatic carbocycles. The van der Waals surface area contributed by atoms with Gasteiger partial charge in [-0.2, -0.15) is 0 Å². The molecule has 0 amide bonds. The zero-order chi connectivity index (χ0) is 10.3.